The molecule has 0 fully saturated rings. The summed E-state index contributed by atoms with van der Waals surface area (Å²) in [5.41, 5.74) is 2.95. The molecule has 0 atom stereocenters. The average Bonchev–Trinajstić information content (AvgIpc) is 2.94. The topological polar surface area (TPSA) is 30.7 Å². The normalized spacial score (nSPS) is 15.1. The van der Waals surface area contributed by atoms with Gasteiger partial charge in [-0.15, -0.1) is 10.2 Å². The maximum Gasteiger partial charge on any atom is 0.136 e. The van der Waals surface area contributed by atoms with Crippen molar-refractivity contribution in [3.8, 4) is 0 Å². The molecule has 3 rings (SSSR count). The molecule has 1 aliphatic carbocycles. The molecule has 0 radical (unpaired) electrons. The van der Waals surface area contributed by atoms with E-state index in [1.165, 1.54) is 11.1 Å². The molecule has 0 saturated heterocycles. The molecule has 1 aliphatic rings. The van der Waals surface area contributed by atoms with Crippen LogP contribution in [0, 0.1) is 0 Å². The van der Waals surface area contributed by atoms with Gasteiger partial charge in [-0.05, 0) is 30.4 Å². The van der Waals surface area contributed by atoms with Crippen molar-refractivity contribution in [1.29, 1.82) is 0 Å². The molecular weight excluding hydrogens is 210 g/mol. The van der Waals surface area contributed by atoms with Crippen molar-refractivity contribution in [1.82, 2.24) is 14.8 Å². The molecule has 1 aromatic carbocycles. The van der Waals surface area contributed by atoms with Crippen LogP contribution in [0.25, 0.3) is 0 Å². The van der Waals surface area contributed by atoms with E-state index in [-0.39, 0.29) is 0 Å². The predicted octanol–water partition coefficient (Wildman–Crippen LogP) is 2.57. The summed E-state index contributed by atoms with van der Waals surface area (Å²) < 4.78 is 2.20. The van der Waals surface area contributed by atoms with Crippen LogP contribution < -0.4 is 0 Å². The van der Waals surface area contributed by atoms with Crippen molar-refractivity contribution >= 4 is 0 Å². The zero-order valence-electron chi connectivity index (χ0n) is 10.1. The van der Waals surface area contributed by atoms with Gasteiger partial charge in [0.25, 0.3) is 0 Å². The third-order valence-electron chi connectivity index (χ3n) is 3.53. The number of hydrogen-bond donors (Lipinski definition) is 0. The first-order valence-corrected chi connectivity index (χ1v) is 6.33. The van der Waals surface area contributed by atoms with E-state index in [2.05, 4.69) is 46.0 Å². The predicted molar refractivity (Wildman–Crippen MR) is 66.9 cm³/mol. The number of aromatic nitrogens is 3. The van der Waals surface area contributed by atoms with Crippen LogP contribution in [0.1, 0.15) is 36.2 Å². The van der Waals surface area contributed by atoms with Gasteiger partial charge < -0.3 is 4.57 Å². The molecule has 0 amide bonds. The molecule has 3 nitrogen and oxygen atoms in total. The lowest BCUT2D eigenvalue weighted by Gasteiger charge is -2.10. The van der Waals surface area contributed by atoms with E-state index >= 15 is 0 Å². The lowest BCUT2D eigenvalue weighted by Crippen LogP contribution is -2.09. The van der Waals surface area contributed by atoms with Crippen LogP contribution in [0.5, 0.6) is 0 Å². The van der Waals surface area contributed by atoms with E-state index in [9.17, 15) is 0 Å². The van der Waals surface area contributed by atoms with Crippen molar-refractivity contribution in [3.63, 3.8) is 0 Å². The van der Waals surface area contributed by atoms with Crippen molar-refractivity contribution in [2.24, 2.45) is 0 Å². The van der Waals surface area contributed by atoms with Crippen LogP contribution >= 0.6 is 0 Å². The average molecular weight is 227 g/mol. The largest absolute Gasteiger partial charge is 0.317 e. The zero-order chi connectivity index (χ0) is 11.7. The third-order valence-corrected chi connectivity index (χ3v) is 3.53. The lowest BCUT2D eigenvalue weighted by molar-refractivity contribution is 0.580. The molecule has 0 spiro atoms. The number of benzene rings is 1. The molecule has 1 heterocycles. The number of fused-ring (bicyclic) bond motifs is 1. The third kappa shape index (κ3) is 1.86. The summed E-state index contributed by atoms with van der Waals surface area (Å²) in [6, 6.07) is 8.71. The summed E-state index contributed by atoms with van der Waals surface area (Å²) in [5, 5.41) is 8.37. The summed E-state index contributed by atoms with van der Waals surface area (Å²) in [5.74, 6) is 1.67. The molecule has 0 unspecified atom stereocenters. The van der Waals surface area contributed by atoms with Gasteiger partial charge in [-0.25, -0.2) is 0 Å². The number of hydrogen-bond acceptors (Lipinski definition) is 2. The highest BCUT2D eigenvalue weighted by molar-refractivity contribution is 5.35. The van der Waals surface area contributed by atoms with Gasteiger partial charge in [-0.1, -0.05) is 31.2 Å². The highest BCUT2D eigenvalue weighted by atomic mass is 15.3. The Hall–Kier alpha value is -1.64. The van der Waals surface area contributed by atoms with Crippen LogP contribution in [-0.4, -0.2) is 14.8 Å². The van der Waals surface area contributed by atoms with Crippen LogP contribution in [0.4, 0.5) is 0 Å². The Morgan fingerprint density at radius 3 is 2.59 bits per heavy atom. The zero-order valence-corrected chi connectivity index (χ0v) is 10.1. The van der Waals surface area contributed by atoms with E-state index in [0.717, 1.165) is 31.6 Å². The van der Waals surface area contributed by atoms with Crippen LogP contribution in [0.3, 0.4) is 0 Å². The smallest absolute Gasteiger partial charge is 0.136 e. The molecule has 2 aromatic rings. The standard InChI is InChI=1S/C14H17N3/c1-2-7-17-10-15-16-14(17)13-8-11-5-3-4-6-12(11)9-13/h3-6,10,13H,2,7-9H2,1H3. The van der Waals surface area contributed by atoms with Crippen molar-refractivity contribution in [2.75, 3.05) is 0 Å². The monoisotopic (exact) mass is 227 g/mol. The first-order chi connectivity index (χ1) is 8.38. The molecule has 1 aromatic heterocycles. The van der Waals surface area contributed by atoms with Crippen LogP contribution in [-0.2, 0) is 19.4 Å². The Balaban J connectivity index is 1.86. The molecule has 0 bridgehead atoms. The van der Waals surface area contributed by atoms with Gasteiger partial charge in [-0.3, -0.25) is 0 Å². The van der Waals surface area contributed by atoms with E-state index in [1.54, 1.807) is 0 Å². The highest BCUT2D eigenvalue weighted by Gasteiger charge is 2.26. The van der Waals surface area contributed by atoms with Crippen molar-refractivity contribution in [2.45, 2.75) is 38.6 Å². The quantitative estimate of drug-likeness (QED) is 0.807. The minimum atomic E-state index is 0.515. The first-order valence-electron chi connectivity index (χ1n) is 6.33. The number of rotatable bonds is 3. The summed E-state index contributed by atoms with van der Waals surface area (Å²) in [7, 11) is 0. The Kier molecular flexibility index (Phi) is 2.67. The highest BCUT2D eigenvalue weighted by Crippen LogP contribution is 2.32. The number of nitrogens with zero attached hydrogens (tertiary/aromatic N) is 3. The van der Waals surface area contributed by atoms with E-state index < -0.39 is 0 Å². The summed E-state index contributed by atoms with van der Waals surface area (Å²) in [6.45, 7) is 3.21. The Morgan fingerprint density at radius 2 is 1.94 bits per heavy atom. The van der Waals surface area contributed by atoms with E-state index in [4.69, 9.17) is 0 Å². The summed E-state index contributed by atoms with van der Waals surface area (Å²) in [6.07, 6.45) is 5.21. The fraction of sp³-hybridized carbons (Fsp3) is 0.429. The molecule has 0 N–H and O–H groups in total. The maximum absolute atomic E-state index is 4.31. The Labute approximate surface area is 101 Å². The Morgan fingerprint density at radius 1 is 1.24 bits per heavy atom. The van der Waals surface area contributed by atoms with Gasteiger partial charge in [0.2, 0.25) is 0 Å². The molecule has 3 heteroatoms. The fourth-order valence-electron chi connectivity index (χ4n) is 2.73. The summed E-state index contributed by atoms with van der Waals surface area (Å²) in [4.78, 5) is 0. The second kappa shape index (κ2) is 4.32. The van der Waals surface area contributed by atoms with Crippen LogP contribution in [0.2, 0.25) is 0 Å². The second-order valence-corrected chi connectivity index (χ2v) is 4.76. The van der Waals surface area contributed by atoms with Crippen LogP contribution in [0.15, 0.2) is 30.6 Å². The molecule has 17 heavy (non-hydrogen) atoms. The molecule has 0 aliphatic heterocycles. The van der Waals surface area contributed by atoms with Gasteiger partial charge >= 0.3 is 0 Å². The minimum Gasteiger partial charge on any atom is -0.317 e. The lowest BCUT2D eigenvalue weighted by atomic mass is 10.1. The van der Waals surface area contributed by atoms with E-state index in [1.807, 2.05) is 6.33 Å². The van der Waals surface area contributed by atoms with Gasteiger partial charge in [0, 0.05) is 12.5 Å². The second-order valence-electron chi connectivity index (χ2n) is 4.76. The van der Waals surface area contributed by atoms with Crippen molar-refractivity contribution in [3.05, 3.63) is 47.5 Å². The van der Waals surface area contributed by atoms with E-state index in [0.29, 0.717) is 5.92 Å². The number of aryl methyl sites for hydroxylation is 1. The summed E-state index contributed by atoms with van der Waals surface area (Å²) >= 11 is 0. The van der Waals surface area contributed by atoms with Gasteiger partial charge in [0.05, 0.1) is 0 Å². The van der Waals surface area contributed by atoms with Crippen molar-refractivity contribution < 1.29 is 0 Å². The van der Waals surface area contributed by atoms with Gasteiger partial charge in [-0.2, -0.15) is 0 Å². The molecular formula is C14H17N3. The maximum atomic E-state index is 4.31. The fourth-order valence-corrected chi connectivity index (χ4v) is 2.73. The SMILES string of the molecule is CCCn1cnnc1C1Cc2ccccc2C1. The molecule has 88 valence electrons. The molecule has 0 saturated carbocycles. The Bertz CT molecular complexity index is 491. The minimum absolute atomic E-state index is 0.515. The van der Waals surface area contributed by atoms with Gasteiger partial charge in [0.1, 0.15) is 12.2 Å². The van der Waals surface area contributed by atoms with Gasteiger partial charge in [0.15, 0.2) is 0 Å². The first kappa shape index (κ1) is 10.5.